The summed E-state index contributed by atoms with van der Waals surface area (Å²) < 4.78 is 0. The molecular weight excluding hydrogens is 210 g/mol. The molecule has 1 N–H and O–H groups in total. The summed E-state index contributed by atoms with van der Waals surface area (Å²) in [5.41, 5.74) is 0. The van der Waals surface area contributed by atoms with Gasteiger partial charge in [0.2, 0.25) is 0 Å². The topological polar surface area (TPSA) is 23.5 Å². The van der Waals surface area contributed by atoms with Crippen LogP contribution in [0.15, 0.2) is 0 Å². The van der Waals surface area contributed by atoms with Gasteiger partial charge in [-0.2, -0.15) is 0 Å². The molecule has 0 aliphatic heterocycles. The van der Waals surface area contributed by atoms with Gasteiger partial charge in [-0.15, -0.1) is 0 Å². The SMILES string of the molecule is CN(CCC1CCCC1)CC1CCC(O)CC1. The zero-order valence-corrected chi connectivity index (χ0v) is 11.4. The van der Waals surface area contributed by atoms with Gasteiger partial charge in [0.1, 0.15) is 0 Å². The lowest BCUT2D eigenvalue weighted by Crippen LogP contribution is -2.30. The summed E-state index contributed by atoms with van der Waals surface area (Å²) in [6, 6.07) is 0. The Morgan fingerprint density at radius 2 is 1.59 bits per heavy atom. The van der Waals surface area contributed by atoms with Crippen molar-refractivity contribution in [2.45, 2.75) is 63.9 Å². The van der Waals surface area contributed by atoms with Crippen molar-refractivity contribution in [2.24, 2.45) is 11.8 Å². The monoisotopic (exact) mass is 239 g/mol. The fourth-order valence-corrected chi connectivity index (χ4v) is 3.56. The Bertz CT molecular complexity index is 205. The predicted octanol–water partition coefficient (Wildman–Crippen LogP) is 3.05. The first-order valence-corrected chi connectivity index (χ1v) is 7.60. The molecule has 0 aromatic carbocycles. The maximum absolute atomic E-state index is 9.49. The summed E-state index contributed by atoms with van der Waals surface area (Å²) in [6.07, 6.45) is 11.8. The maximum atomic E-state index is 9.49. The van der Waals surface area contributed by atoms with Crippen molar-refractivity contribution in [3.05, 3.63) is 0 Å². The molecule has 0 aromatic heterocycles. The van der Waals surface area contributed by atoms with Crippen molar-refractivity contribution in [3.63, 3.8) is 0 Å². The second-order valence-corrected chi connectivity index (χ2v) is 6.38. The predicted molar refractivity (Wildman–Crippen MR) is 72.0 cm³/mol. The number of rotatable bonds is 5. The van der Waals surface area contributed by atoms with Crippen molar-refractivity contribution < 1.29 is 5.11 Å². The molecule has 2 aliphatic rings. The van der Waals surface area contributed by atoms with Gasteiger partial charge < -0.3 is 10.0 Å². The first kappa shape index (κ1) is 13.4. The Balaban J connectivity index is 1.58. The van der Waals surface area contributed by atoms with E-state index in [1.165, 1.54) is 58.0 Å². The van der Waals surface area contributed by atoms with Crippen LogP contribution < -0.4 is 0 Å². The third-order valence-electron chi connectivity index (χ3n) is 4.78. The van der Waals surface area contributed by atoms with E-state index in [-0.39, 0.29) is 6.10 Å². The number of aliphatic hydroxyl groups excluding tert-OH is 1. The van der Waals surface area contributed by atoms with E-state index in [1.54, 1.807) is 0 Å². The average molecular weight is 239 g/mol. The van der Waals surface area contributed by atoms with Gasteiger partial charge in [-0.25, -0.2) is 0 Å². The molecule has 0 atom stereocenters. The highest BCUT2D eigenvalue weighted by atomic mass is 16.3. The van der Waals surface area contributed by atoms with Gasteiger partial charge in [0, 0.05) is 6.54 Å². The zero-order valence-electron chi connectivity index (χ0n) is 11.4. The van der Waals surface area contributed by atoms with Crippen LogP contribution in [-0.4, -0.2) is 36.2 Å². The second-order valence-electron chi connectivity index (χ2n) is 6.38. The molecule has 2 rings (SSSR count). The second kappa shape index (κ2) is 6.75. The summed E-state index contributed by atoms with van der Waals surface area (Å²) in [5, 5.41) is 9.49. The Morgan fingerprint density at radius 1 is 0.941 bits per heavy atom. The summed E-state index contributed by atoms with van der Waals surface area (Å²) >= 11 is 0. The molecule has 2 fully saturated rings. The van der Waals surface area contributed by atoms with Gasteiger partial charge in [-0.05, 0) is 57.5 Å². The lowest BCUT2D eigenvalue weighted by Gasteiger charge is -2.29. The first-order valence-electron chi connectivity index (χ1n) is 7.60. The summed E-state index contributed by atoms with van der Waals surface area (Å²) in [4.78, 5) is 2.53. The summed E-state index contributed by atoms with van der Waals surface area (Å²) in [6.45, 7) is 2.53. The molecule has 2 nitrogen and oxygen atoms in total. The van der Waals surface area contributed by atoms with E-state index in [0.29, 0.717) is 0 Å². The third-order valence-corrected chi connectivity index (χ3v) is 4.78. The van der Waals surface area contributed by atoms with Crippen molar-refractivity contribution >= 4 is 0 Å². The van der Waals surface area contributed by atoms with Crippen LogP contribution in [0.4, 0.5) is 0 Å². The van der Waals surface area contributed by atoms with Crippen LogP contribution in [0.25, 0.3) is 0 Å². The summed E-state index contributed by atoms with van der Waals surface area (Å²) in [7, 11) is 2.28. The van der Waals surface area contributed by atoms with E-state index in [1.807, 2.05) is 0 Å². The van der Waals surface area contributed by atoms with Crippen molar-refractivity contribution in [2.75, 3.05) is 20.1 Å². The van der Waals surface area contributed by atoms with Crippen molar-refractivity contribution in [1.82, 2.24) is 4.90 Å². The van der Waals surface area contributed by atoms with Gasteiger partial charge in [-0.3, -0.25) is 0 Å². The molecule has 2 heteroatoms. The number of hydrogen-bond donors (Lipinski definition) is 1. The third kappa shape index (κ3) is 4.59. The molecule has 2 aliphatic carbocycles. The average Bonchev–Trinajstić information content (AvgIpc) is 2.83. The standard InChI is InChI=1S/C15H29NO/c1-16(11-10-13-4-2-3-5-13)12-14-6-8-15(17)9-7-14/h13-15,17H,2-12H2,1H3. The Kier molecular flexibility index (Phi) is 5.30. The van der Waals surface area contributed by atoms with Crippen LogP contribution in [0.1, 0.15) is 57.8 Å². The molecule has 0 amide bonds. The highest BCUT2D eigenvalue weighted by Gasteiger charge is 2.21. The molecule has 0 radical (unpaired) electrons. The number of hydrogen-bond acceptors (Lipinski definition) is 2. The Morgan fingerprint density at radius 3 is 2.24 bits per heavy atom. The van der Waals surface area contributed by atoms with Crippen molar-refractivity contribution in [1.29, 1.82) is 0 Å². The zero-order chi connectivity index (χ0) is 12.1. The molecule has 0 aromatic rings. The first-order chi connectivity index (χ1) is 8.24. The quantitative estimate of drug-likeness (QED) is 0.797. The van der Waals surface area contributed by atoms with Gasteiger partial charge in [0.15, 0.2) is 0 Å². The van der Waals surface area contributed by atoms with Crippen LogP contribution in [0.5, 0.6) is 0 Å². The largest absolute Gasteiger partial charge is 0.393 e. The fourth-order valence-electron chi connectivity index (χ4n) is 3.56. The van der Waals surface area contributed by atoms with Gasteiger partial charge in [0.05, 0.1) is 6.10 Å². The molecule has 2 saturated carbocycles. The van der Waals surface area contributed by atoms with Crippen LogP contribution in [0, 0.1) is 11.8 Å². The maximum Gasteiger partial charge on any atom is 0.0540 e. The normalized spacial score (nSPS) is 31.2. The molecule has 0 unspecified atom stereocenters. The Labute approximate surface area is 106 Å². The van der Waals surface area contributed by atoms with E-state index in [2.05, 4.69) is 11.9 Å². The van der Waals surface area contributed by atoms with Gasteiger partial charge >= 0.3 is 0 Å². The molecule has 0 bridgehead atoms. The Hall–Kier alpha value is -0.0800. The highest BCUT2D eigenvalue weighted by Crippen LogP contribution is 2.28. The van der Waals surface area contributed by atoms with E-state index in [9.17, 15) is 5.11 Å². The van der Waals surface area contributed by atoms with E-state index in [4.69, 9.17) is 0 Å². The van der Waals surface area contributed by atoms with Crippen LogP contribution in [-0.2, 0) is 0 Å². The molecule has 0 saturated heterocycles. The minimum Gasteiger partial charge on any atom is -0.393 e. The van der Waals surface area contributed by atoms with Crippen LogP contribution >= 0.6 is 0 Å². The van der Waals surface area contributed by atoms with Crippen molar-refractivity contribution in [3.8, 4) is 0 Å². The van der Waals surface area contributed by atoms with E-state index in [0.717, 1.165) is 24.7 Å². The fraction of sp³-hybridized carbons (Fsp3) is 1.00. The molecule has 0 heterocycles. The highest BCUT2D eigenvalue weighted by molar-refractivity contribution is 4.74. The number of aliphatic hydroxyl groups is 1. The summed E-state index contributed by atoms with van der Waals surface area (Å²) in [5.74, 6) is 1.86. The lowest BCUT2D eigenvalue weighted by atomic mass is 9.87. The van der Waals surface area contributed by atoms with Crippen LogP contribution in [0.2, 0.25) is 0 Å². The minimum atomic E-state index is -0.00459. The molecule has 17 heavy (non-hydrogen) atoms. The van der Waals surface area contributed by atoms with Gasteiger partial charge in [0.25, 0.3) is 0 Å². The molecular formula is C15H29NO. The molecule has 0 spiro atoms. The van der Waals surface area contributed by atoms with E-state index < -0.39 is 0 Å². The number of nitrogens with zero attached hydrogens (tertiary/aromatic N) is 1. The minimum absolute atomic E-state index is 0.00459. The van der Waals surface area contributed by atoms with Gasteiger partial charge in [-0.1, -0.05) is 25.7 Å². The van der Waals surface area contributed by atoms with E-state index >= 15 is 0 Å². The lowest BCUT2D eigenvalue weighted by molar-refractivity contribution is 0.0969. The smallest absolute Gasteiger partial charge is 0.0540 e. The van der Waals surface area contributed by atoms with Crippen LogP contribution in [0.3, 0.4) is 0 Å². The molecule has 100 valence electrons.